The Bertz CT molecular complexity index is 470. The van der Waals surface area contributed by atoms with Crippen LogP contribution in [0.5, 0.6) is 0 Å². The van der Waals surface area contributed by atoms with Gasteiger partial charge in [-0.25, -0.2) is 9.97 Å². The first-order valence-electron chi connectivity index (χ1n) is 4.76. The van der Waals surface area contributed by atoms with Gasteiger partial charge < -0.3 is 0 Å². The zero-order valence-corrected chi connectivity index (χ0v) is 8.94. The predicted octanol–water partition coefficient (Wildman–Crippen LogP) is 1.80. The molecule has 0 aliphatic rings. The normalized spacial score (nSPS) is 11.5. The van der Waals surface area contributed by atoms with Crippen LogP contribution in [-0.2, 0) is 7.05 Å². The van der Waals surface area contributed by atoms with E-state index in [-0.39, 0.29) is 0 Å². The van der Waals surface area contributed by atoms with Gasteiger partial charge in [-0.2, -0.15) is 5.10 Å². The highest BCUT2D eigenvalue weighted by atomic mass is 15.3. The lowest BCUT2D eigenvalue weighted by atomic mass is 10.2. The van der Waals surface area contributed by atoms with Crippen molar-refractivity contribution in [2.24, 2.45) is 7.05 Å². The fraction of sp³-hybridized carbons (Fsp3) is 0.500. The van der Waals surface area contributed by atoms with Crippen molar-refractivity contribution in [2.75, 3.05) is 0 Å². The summed E-state index contributed by atoms with van der Waals surface area (Å²) in [6, 6.07) is 0. The first-order valence-corrected chi connectivity index (χ1v) is 4.76. The summed E-state index contributed by atoms with van der Waals surface area (Å²) in [5.74, 6) is 1.22. The Hall–Kier alpha value is -1.45. The Kier molecular flexibility index (Phi) is 1.98. The molecule has 0 aromatic carbocycles. The van der Waals surface area contributed by atoms with Crippen molar-refractivity contribution in [1.82, 2.24) is 19.7 Å². The lowest BCUT2D eigenvalue weighted by molar-refractivity contribution is 0.758. The average molecular weight is 190 g/mol. The third-order valence-electron chi connectivity index (χ3n) is 2.22. The topological polar surface area (TPSA) is 43.6 Å². The minimum atomic E-state index is 0.347. The summed E-state index contributed by atoms with van der Waals surface area (Å²) in [6.45, 7) is 6.17. The molecule has 0 radical (unpaired) electrons. The molecule has 4 heteroatoms. The summed E-state index contributed by atoms with van der Waals surface area (Å²) < 4.78 is 1.77. The van der Waals surface area contributed by atoms with Gasteiger partial charge in [-0.1, -0.05) is 13.8 Å². The van der Waals surface area contributed by atoms with E-state index in [2.05, 4.69) is 28.9 Å². The summed E-state index contributed by atoms with van der Waals surface area (Å²) in [5, 5.41) is 5.32. The largest absolute Gasteiger partial charge is 0.273 e. The first kappa shape index (κ1) is 9.12. The number of fused-ring (bicyclic) bond motifs is 1. The third-order valence-corrected chi connectivity index (χ3v) is 2.22. The zero-order chi connectivity index (χ0) is 10.3. The van der Waals surface area contributed by atoms with Gasteiger partial charge in [0.05, 0.1) is 11.1 Å². The van der Waals surface area contributed by atoms with E-state index in [1.807, 2.05) is 20.2 Å². The zero-order valence-electron chi connectivity index (χ0n) is 8.94. The molecule has 0 saturated carbocycles. The molecular weight excluding hydrogens is 176 g/mol. The van der Waals surface area contributed by atoms with Gasteiger partial charge >= 0.3 is 0 Å². The van der Waals surface area contributed by atoms with Crippen molar-refractivity contribution in [3.05, 3.63) is 17.7 Å². The molecule has 0 amide bonds. The molecule has 0 saturated heterocycles. The van der Waals surface area contributed by atoms with E-state index in [9.17, 15) is 0 Å². The molecule has 2 aromatic rings. The number of aromatic nitrogens is 4. The van der Waals surface area contributed by atoms with Gasteiger partial charge in [-0.15, -0.1) is 0 Å². The summed E-state index contributed by atoms with van der Waals surface area (Å²) in [5.41, 5.74) is 1.80. The quantitative estimate of drug-likeness (QED) is 0.688. The molecule has 0 aliphatic heterocycles. The molecule has 0 spiro atoms. The summed E-state index contributed by atoms with van der Waals surface area (Å²) >= 11 is 0. The molecule has 0 unspecified atom stereocenters. The number of hydrogen-bond acceptors (Lipinski definition) is 3. The van der Waals surface area contributed by atoms with E-state index in [0.717, 1.165) is 22.6 Å². The Labute approximate surface area is 83.0 Å². The molecule has 2 aromatic heterocycles. The number of hydrogen-bond donors (Lipinski definition) is 0. The van der Waals surface area contributed by atoms with E-state index in [4.69, 9.17) is 0 Å². The molecule has 0 fully saturated rings. The predicted molar refractivity (Wildman–Crippen MR) is 55.1 cm³/mol. The van der Waals surface area contributed by atoms with Crippen molar-refractivity contribution in [2.45, 2.75) is 26.7 Å². The first-order chi connectivity index (χ1) is 6.58. The van der Waals surface area contributed by atoms with Crippen LogP contribution >= 0.6 is 0 Å². The molecular formula is C10H14N4. The molecule has 0 atom stereocenters. The fourth-order valence-electron chi connectivity index (χ4n) is 1.44. The number of nitrogens with zero attached hydrogens (tertiary/aromatic N) is 4. The Morgan fingerprint density at radius 2 is 2.00 bits per heavy atom. The Morgan fingerprint density at radius 3 is 2.64 bits per heavy atom. The lowest BCUT2D eigenvalue weighted by Crippen LogP contribution is -1.99. The second-order valence-electron chi connectivity index (χ2n) is 3.86. The van der Waals surface area contributed by atoms with Crippen molar-refractivity contribution < 1.29 is 0 Å². The van der Waals surface area contributed by atoms with E-state index in [1.165, 1.54) is 0 Å². The second kappa shape index (κ2) is 3.04. The van der Waals surface area contributed by atoms with E-state index < -0.39 is 0 Å². The van der Waals surface area contributed by atoms with Crippen LogP contribution in [0.3, 0.4) is 0 Å². The van der Waals surface area contributed by atoms with Crippen LogP contribution in [0.1, 0.15) is 31.3 Å². The molecule has 14 heavy (non-hydrogen) atoms. The summed E-state index contributed by atoms with van der Waals surface area (Å²) in [7, 11) is 1.90. The maximum Gasteiger partial charge on any atom is 0.184 e. The van der Waals surface area contributed by atoms with Crippen molar-refractivity contribution in [3.63, 3.8) is 0 Å². The monoisotopic (exact) mass is 190 g/mol. The minimum absolute atomic E-state index is 0.347. The van der Waals surface area contributed by atoms with E-state index in [0.29, 0.717) is 5.92 Å². The fourth-order valence-corrected chi connectivity index (χ4v) is 1.44. The van der Waals surface area contributed by atoms with E-state index in [1.54, 1.807) is 4.68 Å². The van der Waals surface area contributed by atoms with Crippen LogP contribution < -0.4 is 0 Å². The summed E-state index contributed by atoms with van der Waals surface area (Å²) in [4.78, 5) is 8.86. The van der Waals surface area contributed by atoms with Crippen LogP contribution in [0.4, 0.5) is 0 Å². The molecule has 4 nitrogen and oxygen atoms in total. The van der Waals surface area contributed by atoms with Gasteiger partial charge in [0.15, 0.2) is 5.65 Å². The number of rotatable bonds is 1. The highest BCUT2D eigenvalue weighted by Gasteiger charge is 2.09. The van der Waals surface area contributed by atoms with Gasteiger partial charge in [0, 0.05) is 19.2 Å². The molecule has 0 N–H and O–H groups in total. The molecule has 2 heterocycles. The highest BCUT2D eigenvalue weighted by molar-refractivity contribution is 5.76. The van der Waals surface area contributed by atoms with E-state index >= 15 is 0 Å². The van der Waals surface area contributed by atoms with Crippen molar-refractivity contribution in [3.8, 4) is 0 Å². The smallest absolute Gasteiger partial charge is 0.184 e. The molecule has 2 rings (SSSR count). The average Bonchev–Trinajstić information content (AvgIpc) is 2.45. The van der Waals surface area contributed by atoms with Crippen LogP contribution in [0.2, 0.25) is 0 Å². The van der Waals surface area contributed by atoms with Crippen molar-refractivity contribution >= 4 is 11.0 Å². The van der Waals surface area contributed by atoms with Gasteiger partial charge in [-0.05, 0) is 6.92 Å². The lowest BCUT2D eigenvalue weighted by Gasteiger charge is -2.03. The van der Waals surface area contributed by atoms with Gasteiger partial charge in [0.2, 0.25) is 0 Å². The van der Waals surface area contributed by atoms with Crippen LogP contribution in [0.15, 0.2) is 6.20 Å². The van der Waals surface area contributed by atoms with Gasteiger partial charge in [0.25, 0.3) is 0 Å². The second-order valence-corrected chi connectivity index (χ2v) is 3.86. The van der Waals surface area contributed by atoms with Crippen LogP contribution in [0.25, 0.3) is 11.0 Å². The van der Waals surface area contributed by atoms with Gasteiger partial charge in [0.1, 0.15) is 5.82 Å². The summed E-state index contributed by atoms with van der Waals surface area (Å²) in [6.07, 6.45) is 1.95. The molecule has 0 bridgehead atoms. The van der Waals surface area contributed by atoms with Crippen LogP contribution in [-0.4, -0.2) is 19.7 Å². The molecule has 74 valence electrons. The highest BCUT2D eigenvalue weighted by Crippen LogP contribution is 2.16. The molecule has 0 aliphatic carbocycles. The van der Waals surface area contributed by atoms with Crippen molar-refractivity contribution in [1.29, 1.82) is 0 Å². The Morgan fingerprint density at radius 1 is 1.29 bits per heavy atom. The minimum Gasteiger partial charge on any atom is -0.273 e. The Balaban J connectivity index is 2.71. The third kappa shape index (κ3) is 1.36. The maximum atomic E-state index is 4.45. The SMILES string of the molecule is Cc1nc(C(C)C)nc2nn(C)cc12. The standard InChI is InChI=1S/C10H14N4/c1-6(2)9-11-7(3)8-5-14(4)13-10(8)12-9/h5-6H,1-4H3. The number of aryl methyl sites for hydroxylation is 2. The maximum absolute atomic E-state index is 4.45. The van der Waals surface area contributed by atoms with Crippen LogP contribution in [0, 0.1) is 6.92 Å². The van der Waals surface area contributed by atoms with Gasteiger partial charge in [-0.3, -0.25) is 4.68 Å².